The Labute approximate surface area is 158 Å². The van der Waals surface area contributed by atoms with Gasteiger partial charge in [-0.2, -0.15) is 0 Å². The van der Waals surface area contributed by atoms with Crippen molar-refractivity contribution in [1.82, 2.24) is 10.2 Å². The molecule has 1 N–H and O–H groups in total. The molecule has 0 aliphatic carbocycles. The van der Waals surface area contributed by atoms with Gasteiger partial charge in [-0.15, -0.1) is 11.3 Å². The van der Waals surface area contributed by atoms with Gasteiger partial charge in [0.15, 0.2) is 0 Å². The summed E-state index contributed by atoms with van der Waals surface area (Å²) >= 11 is 1.47. The molecule has 1 aromatic carbocycles. The predicted molar refractivity (Wildman–Crippen MR) is 106 cm³/mol. The van der Waals surface area contributed by atoms with Crippen molar-refractivity contribution in [2.45, 2.75) is 19.4 Å². The van der Waals surface area contributed by atoms with E-state index in [1.165, 1.54) is 11.3 Å². The van der Waals surface area contributed by atoms with Crippen LogP contribution in [0.5, 0.6) is 0 Å². The van der Waals surface area contributed by atoms with Gasteiger partial charge in [-0.05, 0) is 42.0 Å². The molecule has 1 aliphatic rings. The van der Waals surface area contributed by atoms with E-state index < -0.39 is 0 Å². The van der Waals surface area contributed by atoms with Crippen molar-refractivity contribution in [3.05, 3.63) is 52.2 Å². The van der Waals surface area contributed by atoms with Gasteiger partial charge in [0.05, 0.1) is 4.88 Å². The highest BCUT2D eigenvalue weighted by Gasteiger charge is 2.27. The summed E-state index contributed by atoms with van der Waals surface area (Å²) in [5.74, 6) is 0.160. The summed E-state index contributed by atoms with van der Waals surface area (Å²) < 4.78 is 0. The number of benzene rings is 1. The SMILES string of the molecule is CN(C)c1ccc(CNC(=O)C2CCN(C(=O)c3cccs3)CC2)cc1. The van der Waals surface area contributed by atoms with E-state index in [4.69, 9.17) is 0 Å². The lowest BCUT2D eigenvalue weighted by molar-refractivity contribution is -0.126. The summed E-state index contributed by atoms with van der Waals surface area (Å²) in [6, 6.07) is 11.9. The minimum atomic E-state index is -0.0107. The molecule has 1 fully saturated rings. The van der Waals surface area contributed by atoms with Crippen LogP contribution in [-0.4, -0.2) is 43.9 Å². The summed E-state index contributed by atoms with van der Waals surface area (Å²) in [6.07, 6.45) is 1.45. The number of thiophene rings is 1. The highest BCUT2D eigenvalue weighted by atomic mass is 32.1. The number of hydrogen-bond donors (Lipinski definition) is 1. The molecule has 0 atom stereocenters. The standard InChI is InChI=1S/C20H25N3O2S/c1-22(2)17-7-5-15(6-8-17)14-21-19(24)16-9-11-23(12-10-16)20(25)18-4-3-13-26-18/h3-8,13,16H,9-12,14H2,1-2H3,(H,21,24). The minimum absolute atomic E-state index is 0.0107. The Morgan fingerprint density at radius 2 is 1.85 bits per heavy atom. The third-order valence-corrected chi connectivity index (χ3v) is 5.66. The normalized spacial score (nSPS) is 14.9. The van der Waals surface area contributed by atoms with Crippen LogP contribution in [-0.2, 0) is 11.3 Å². The van der Waals surface area contributed by atoms with Crippen LogP contribution < -0.4 is 10.2 Å². The van der Waals surface area contributed by atoms with E-state index in [2.05, 4.69) is 17.4 Å². The van der Waals surface area contributed by atoms with Gasteiger partial charge in [-0.3, -0.25) is 9.59 Å². The predicted octanol–water partition coefficient (Wildman–Crippen LogP) is 2.98. The number of rotatable bonds is 5. The highest BCUT2D eigenvalue weighted by Crippen LogP contribution is 2.21. The number of nitrogens with one attached hydrogen (secondary N) is 1. The van der Waals surface area contributed by atoms with Crippen LogP contribution in [0.1, 0.15) is 28.1 Å². The quantitative estimate of drug-likeness (QED) is 0.879. The highest BCUT2D eigenvalue weighted by molar-refractivity contribution is 7.12. The molecule has 6 heteroatoms. The average molecular weight is 372 g/mol. The van der Waals surface area contributed by atoms with Crippen molar-refractivity contribution in [1.29, 1.82) is 0 Å². The van der Waals surface area contributed by atoms with Gasteiger partial charge in [0.2, 0.25) is 5.91 Å². The number of hydrogen-bond acceptors (Lipinski definition) is 4. The zero-order valence-corrected chi connectivity index (χ0v) is 16.1. The van der Waals surface area contributed by atoms with Crippen molar-refractivity contribution >= 4 is 28.8 Å². The van der Waals surface area contributed by atoms with Gasteiger partial charge < -0.3 is 15.1 Å². The summed E-state index contributed by atoms with van der Waals surface area (Å²) in [5, 5.41) is 4.95. The molecule has 2 heterocycles. The van der Waals surface area contributed by atoms with Crippen molar-refractivity contribution < 1.29 is 9.59 Å². The smallest absolute Gasteiger partial charge is 0.263 e. The Kier molecular flexibility index (Phi) is 5.93. The molecular weight excluding hydrogens is 346 g/mol. The number of amides is 2. The minimum Gasteiger partial charge on any atom is -0.378 e. The van der Waals surface area contributed by atoms with Crippen LogP contribution in [0.15, 0.2) is 41.8 Å². The molecule has 26 heavy (non-hydrogen) atoms. The van der Waals surface area contributed by atoms with E-state index in [9.17, 15) is 9.59 Å². The Morgan fingerprint density at radius 1 is 1.15 bits per heavy atom. The van der Waals surface area contributed by atoms with Crippen molar-refractivity contribution in [3.63, 3.8) is 0 Å². The molecule has 0 unspecified atom stereocenters. The molecule has 2 amide bonds. The molecule has 0 spiro atoms. The molecule has 1 aliphatic heterocycles. The molecule has 0 bridgehead atoms. The van der Waals surface area contributed by atoms with Crippen LogP contribution in [0, 0.1) is 5.92 Å². The fraction of sp³-hybridized carbons (Fsp3) is 0.400. The Bertz CT molecular complexity index is 733. The number of carbonyl (C=O) groups excluding carboxylic acids is 2. The first kappa shape index (κ1) is 18.5. The summed E-state index contributed by atoms with van der Waals surface area (Å²) in [7, 11) is 4.01. The largest absolute Gasteiger partial charge is 0.378 e. The fourth-order valence-corrected chi connectivity index (χ4v) is 3.84. The number of piperidine rings is 1. The lowest BCUT2D eigenvalue weighted by Crippen LogP contribution is -2.42. The zero-order chi connectivity index (χ0) is 18.5. The van der Waals surface area contributed by atoms with Crippen LogP contribution in [0.25, 0.3) is 0 Å². The molecule has 138 valence electrons. The van der Waals surface area contributed by atoms with Crippen molar-refractivity contribution in [2.75, 3.05) is 32.1 Å². The third kappa shape index (κ3) is 4.43. The first-order valence-electron chi connectivity index (χ1n) is 8.91. The Hall–Kier alpha value is -2.34. The number of likely N-dealkylation sites (tertiary alicyclic amines) is 1. The van der Waals surface area contributed by atoms with Crippen molar-refractivity contribution in [2.24, 2.45) is 5.92 Å². The lowest BCUT2D eigenvalue weighted by atomic mass is 9.95. The monoisotopic (exact) mass is 371 g/mol. The number of nitrogens with zero attached hydrogens (tertiary/aromatic N) is 2. The maximum atomic E-state index is 12.4. The molecular formula is C20H25N3O2S. The van der Waals surface area contributed by atoms with E-state index in [-0.39, 0.29) is 17.7 Å². The van der Waals surface area contributed by atoms with E-state index >= 15 is 0 Å². The van der Waals surface area contributed by atoms with E-state index in [1.54, 1.807) is 0 Å². The second-order valence-corrected chi connectivity index (χ2v) is 7.77. The second kappa shape index (κ2) is 8.36. The Balaban J connectivity index is 1.45. The lowest BCUT2D eigenvalue weighted by Gasteiger charge is -2.31. The molecule has 3 rings (SSSR count). The summed E-state index contributed by atoms with van der Waals surface area (Å²) in [5.41, 5.74) is 2.23. The van der Waals surface area contributed by atoms with Crippen LogP contribution in [0.2, 0.25) is 0 Å². The summed E-state index contributed by atoms with van der Waals surface area (Å²) in [4.78, 5) is 29.5. The second-order valence-electron chi connectivity index (χ2n) is 6.82. The van der Waals surface area contributed by atoms with E-state index in [1.807, 2.05) is 53.5 Å². The van der Waals surface area contributed by atoms with Gasteiger partial charge in [0, 0.05) is 45.3 Å². The van der Waals surface area contributed by atoms with Gasteiger partial charge in [0.25, 0.3) is 5.91 Å². The average Bonchev–Trinajstić information content (AvgIpc) is 3.20. The molecule has 2 aromatic rings. The molecule has 0 radical (unpaired) electrons. The first-order valence-corrected chi connectivity index (χ1v) is 9.79. The number of carbonyl (C=O) groups is 2. The third-order valence-electron chi connectivity index (χ3n) is 4.80. The zero-order valence-electron chi connectivity index (χ0n) is 15.3. The topological polar surface area (TPSA) is 52.7 Å². The van der Waals surface area contributed by atoms with Crippen molar-refractivity contribution in [3.8, 4) is 0 Å². The maximum Gasteiger partial charge on any atom is 0.263 e. The van der Waals surface area contributed by atoms with Crippen LogP contribution in [0.3, 0.4) is 0 Å². The molecule has 0 saturated carbocycles. The fourth-order valence-electron chi connectivity index (χ4n) is 3.15. The van der Waals surface area contributed by atoms with Gasteiger partial charge in [-0.25, -0.2) is 0 Å². The van der Waals surface area contributed by atoms with Gasteiger partial charge >= 0.3 is 0 Å². The molecule has 5 nitrogen and oxygen atoms in total. The number of anilines is 1. The molecule has 1 saturated heterocycles. The Morgan fingerprint density at radius 3 is 2.42 bits per heavy atom. The summed E-state index contributed by atoms with van der Waals surface area (Å²) in [6.45, 7) is 1.83. The van der Waals surface area contributed by atoms with Gasteiger partial charge in [0.1, 0.15) is 0 Å². The maximum absolute atomic E-state index is 12.4. The van der Waals surface area contributed by atoms with E-state index in [0.29, 0.717) is 19.6 Å². The first-order chi connectivity index (χ1) is 12.5. The molecule has 1 aromatic heterocycles. The van der Waals surface area contributed by atoms with Crippen LogP contribution in [0.4, 0.5) is 5.69 Å². The van der Waals surface area contributed by atoms with Crippen LogP contribution >= 0.6 is 11.3 Å². The van der Waals surface area contributed by atoms with Gasteiger partial charge in [-0.1, -0.05) is 18.2 Å². The van der Waals surface area contributed by atoms with E-state index in [0.717, 1.165) is 29.0 Å².